The van der Waals surface area contributed by atoms with Crippen molar-refractivity contribution < 1.29 is 0 Å². The Morgan fingerprint density at radius 1 is 1.15 bits per heavy atom. The topological polar surface area (TPSA) is 55.3 Å². The monoisotopic (exact) mass is 315 g/mol. The molecule has 3 nitrogen and oxygen atoms in total. The third kappa shape index (κ3) is 6.95. The van der Waals surface area contributed by atoms with Crippen LogP contribution >= 0.6 is 24.2 Å². The van der Waals surface area contributed by atoms with E-state index in [9.17, 15) is 0 Å². The summed E-state index contributed by atoms with van der Waals surface area (Å²) in [5.41, 5.74) is 12.2. The van der Waals surface area contributed by atoms with Crippen molar-refractivity contribution in [2.75, 3.05) is 32.7 Å². The van der Waals surface area contributed by atoms with Crippen molar-refractivity contribution in [1.82, 2.24) is 4.90 Å². The molecule has 0 amide bonds. The van der Waals surface area contributed by atoms with Crippen LogP contribution in [0.3, 0.4) is 0 Å². The van der Waals surface area contributed by atoms with Gasteiger partial charge in [0.2, 0.25) is 0 Å². The number of hydrogen-bond donors (Lipinski definition) is 3. The molecule has 1 aromatic carbocycles. The van der Waals surface area contributed by atoms with E-state index in [4.69, 9.17) is 23.1 Å². The molecule has 5 heteroatoms. The van der Waals surface area contributed by atoms with Gasteiger partial charge in [-0.05, 0) is 56.1 Å². The normalized spacial score (nSPS) is 16.6. The molecule has 4 N–H and O–H groups in total. The molecule has 1 heterocycles. The maximum atomic E-state index is 5.64. The molecule has 0 atom stereocenters. The van der Waals surface area contributed by atoms with E-state index in [-0.39, 0.29) is 0 Å². The summed E-state index contributed by atoms with van der Waals surface area (Å²) in [6.07, 6.45) is 2.52. The minimum Gasteiger partial charge on any atom is -0.330 e. The molecule has 2 rings (SSSR count). The summed E-state index contributed by atoms with van der Waals surface area (Å²) in [6.45, 7) is 5.08. The fourth-order valence-electron chi connectivity index (χ4n) is 2.22. The molecule has 1 aromatic rings. The number of halogens is 1. The van der Waals surface area contributed by atoms with Crippen molar-refractivity contribution in [3.05, 3.63) is 34.9 Å². The predicted molar refractivity (Wildman–Crippen MR) is 91.4 cm³/mol. The van der Waals surface area contributed by atoms with Gasteiger partial charge in [0.05, 0.1) is 0 Å². The highest BCUT2D eigenvalue weighted by Crippen LogP contribution is 2.14. The highest BCUT2D eigenvalue weighted by Gasteiger charge is 2.16. The summed E-state index contributed by atoms with van der Waals surface area (Å²) < 4.78 is 0. The van der Waals surface area contributed by atoms with Gasteiger partial charge in [-0.15, -0.1) is 0 Å². The molecule has 1 aliphatic rings. The first kappa shape index (κ1) is 17.8. The van der Waals surface area contributed by atoms with Gasteiger partial charge in [-0.3, -0.25) is 0 Å². The van der Waals surface area contributed by atoms with Crippen LogP contribution in [0.5, 0.6) is 0 Å². The summed E-state index contributed by atoms with van der Waals surface area (Å²) in [5.74, 6) is 1.54. The Balaban J connectivity index is 0.000000204. The fraction of sp³-hybridized carbons (Fsp3) is 0.600. The lowest BCUT2D eigenvalue weighted by Gasteiger charge is -2.30. The molecule has 1 fully saturated rings. The molecule has 114 valence electrons. The molecule has 0 aliphatic carbocycles. The number of thiol groups is 1. The van der Waals surface area contributed by atoms with Gasteiger partial charge in [0.1, 0.15) is 0 Å². The van der Waals surface area contributed by atoms with Crippen molar-refractivity contribution in [2.24, 2.45) is 17.4 Å². The number of likely N-dealkylation sites (tertiary alicyclic amines) is 1. The minimum atomic E-state index is 0.768. The summed E-state index contributed by atoms with van der Waals surface area (Å²) in [7, 11) is 0. The predicted octanol–water partition coefficient (Wildman–Crippen LogP) is 2.39. The lowest BCUT2D eigenvalue weighted by atomic mass is 9.97. The second-order valence-electron chi connectivity index (χ2n) is 5.09. The van der Waals surface area contributed by atoms with E-state index in [1.807, 2.05) is 24.3 Å². The van der Waals surface area contributed by atoms with Crippen LogP contribution in [0, 0.1) is 5.92 Å². The van der Waals surface area contributed by atoms with Crippen molar-refractivity contribution in [3.63, 3.8) is 0 Å². The average Bonchev–Trinajstić information content (AvgIpc) is 2.50. The van der Waals surface area contributed by atoms with Gasteiger partial charge in [-0.1, -0.05) is 23.7 Å². The highest BCUT2D eigenvalue weighted by molar-refractivity contribution is 7.79. The zero-order valence-corrected chi connectivity index (χ0v) is 13.6. The van der Waals surface area contributed by atoms with Crippen molar-refractivity contribution >= 4 is 24.2 Å². The molecular formula is C15H26ClN3S. The molecular weight excluding hydrogens is 290 g/mol. The van der Waals surface area contributed by atoms with Crippen LogP contribution < -0.4 is 11.5 Å². The fourth-order valence-corrected chi connectivity index (χ4v) is 2.55. The van der Waals surface area contributed by atoms with Gasteiger partial charge in [0, 0.05) is 23.9 Å². The molecule has 0 spiro atoms. The first-order valence-electron chi connectivity index (χ1n) is 7.17. The standard InChI is InChI=1S/C8H19N3.C7H7ClS/c9-3-6-11-4-1-8(7-10)2-5-11;8-7-3-1-6(5-9)2-4-7/h8H,1-7,9-10H2;1-4,9H,5H2. The Morgan fingerprint density at radius 2 is 1.75 bits per heavy atom. The van der Waals surface area contributed by atoms with Crippen molar-refractivity contribution in [2.45, 2.75) is 18.6 Å². The second kappa shape index (κ2) is 10.5. The Labute approximate surface area is 133 Å². The van der Waals surface area contributed by atoms with E-state index < -0.39 is 0 Å². The van der Waals surface area contributed by atoms with Gasteiger partial charge in [-0.2, -0.15) is 12.6 Å². The molecule has 0 bridgehead atoms. The summed E-state index contributed by atoms with van der Waals surface area (Å²) in [6, 6.07) is 7.67. The first-order chi connectivity index (χ1) is 9.69. The van der Waals surface area contributed by atoms with Gasteiger partial charge in [0.25, 0.3) is 0 Å². The van der Waals surface area contributed by atoms with Crippen LogP contribution in [0.4, 0.5) is 0 Å². The third-order valence-electron chi connectivity index (χ3n) is 3.58. The number of piperidine rings is 1. The van der Waals surface area contributed by atoms with Crippen LogP contribution in [-0.4, -0.2) is 37.6 Å². The number of rotatable bonds is 4. The van der Waals surface area contributed by atoms with Crippen LogP contribution in [0.25, 0.3) is 0 Å². The first-order valence-corrected chi connectivity index (χ1v) is 8.18. The van der Waals surface area contributed by atoms with E-state index in [2.05, 4.69) is 17.5 Å². The Hall–Kier alpha value is -0.260. The van der Waals surface area contributed by atoms with Crippen LogP contribution in [0.15, 0.2) is 24.3 Å². The maximum Gasteiger partial charge on any atom is 0.0406 e. The number of benzene rings is 1. The van der Waals surface area contributed by atoms with Crippen molar-refractivity contribution in [3.8, 4) is 0 Å². The molecule has 20 heavy (non-hydrogen) atoms. The minimum absolute atomic E-state index is 0.768. The van der Waals surface area contributed by atoms with E-state index in [0.29, 0.717) is 0 Å². The molecule has 0 aromatic heterocycles. The van der Waals surface area contributed by atoms with E-state index in [1.165, 1.54) is 31.5 Å². The number of hydrogen-bond acceptors (Lipinski definition) is 4. The van der Waals surface area contributed by atoms with E-state index in [0.717, 1.165) is 36.3 Å². The maximum absolute atomic E-state index is 5.64. The number of nitrogens with zero attached hydrogens (tertiary/aromatic N) is 1. The highest BCUT2D eigenvalue weighted by atomic mass is 35.5. The molecule has 0 unspecified atom stereocenters. The van der Waals surface area contributed by atoms with Crippen molar-refractivity contribution in [1.29, 1.82) is 0 Å². The third-order valence-corrected chi connectivity index (χ3v) is 4.20. The van der Waals surface area contributed by atoms with Gasteiger partial charge in [0.15, 0.2) is 0 Å². The number of nitrogens with two attached hydrogens (primary N) is 2. The van der Waals surface area contributed by atoms with Crippen LogP contribution in [-0.2, 0) is 5.75 Å². The lowest BCUT2D eigenvalue weighted by Crippen LogP contribution is -2.38. The summed E-state index contributed by atoms with van der Waals surface area (Å²) >= 11 is 9.74. The SMILES string of the molecule is NCCN1CCC(CN)CC1.SCc1ccc(Cl)cc1. The average molecular weight is 316 g/mol. The smallest absolute Gasteiger partial charge is 0.0406 e. The Morgan fingerprint density at radius 3 is 2.20 bits per heavy atom. The van der Waals surface area contributed by atoms with Gasteiger partial charge in [-0.25, -0.2) is 0 Å². The summed E-state index contributed by atoms with van der Waals surface area (Å²) in [5, 5.41) is 0.778. The Kier molecular flexibility index (Phi) is 9.31. The van der Waals surface area contributed by atoms with Crippen LogP contribution in [0.1, 0.15) is 18.4 Å². The van der Waals surface area contributed by atoms with Gasteiger partial charge < -0.3 is 16.4 Å². The van der Waals surface area contributed by atoms with E-state index >= 15 is 0 Å². The largest absolute Gasteiger partial charge is 0.330 e. The second-order valence-corrected chi connectivity index (χ2v) is 5.85. The molecule has 1 aliphatic heterocycles. The zero-order valence-electron chi connectivity index (χ0n) is 12.0. The molecule has 1 saturated heterocycles. The van der Waals surface area contributed by atoms with Gasteiger partial charge >= 0.3 is 0 Å². The Bertz CT molecular complexity index is 351. The zero-order chi connectivity index (χ0) is 14.8. The molecule has 0 radical (unpaired) electrons. The molecule has 0 saturated carbocycles. The van der Waals surface area contributed by atoms with Crippen LogP contribution in [0.2, 0.25) is 5.02 Å². The quantitative estimate of drug-likeness (QED) is 0.748. The van der Waals surface area contributed by atoms with E-state index in [1.54, 1.807) is 0 Å². The lowest BCUT2D eigenvalue weighted by molar-refractivity contribution is 0.192. The summed E-state index contributed by atoms with van der Waals surface area (Å²) in [4.78, 5) is 2.42.